The van der Waals surface area contributed by atoms with Gasteiger partial charge in [-0.15, -0.1) is 0 Å². The van der Waals surface area contributed by atoms with Crippen molar-refractivity contribution < 1.29 is 4.79 Å². The number of halogens is 2. The first-order valence-corrected chi connectivity index (χ1v) is 9.43. The summed E-state index contributed by atoms with van der Waals surface area (Å²) in [4.78, 5) is 17.1. The summed E-state index contributed by atoms with van der Waals surface area (Å²) in [6.07, 6.45) is 0.914. The monoisotopic (exact) mass is 374 g/mol. The highest BCUT2D eigenvalue weighted by Crippen LogP contribution is 2.50. The summed E-state index contributed by atoms with van der Waals surface area (Å²) >= 11 is 12.4. The molecule has 0 radical (unpaired) electrons. The smallest absolute Gasteiger partial charge is 0.226 e. The van der Waals surface area contributed by atoms with E-state index >= 15 is 0 Å². The fourth-order valence-electron chi connectivity index (χ4n) is 3.68. The lowest BCUT2D eigenvalue weighted by Crippen LogP contribution is -2.49. The molecule has 2 atom stereocenters. The molecular weight excluding hydrogens is 355 g/mol. The Hall–Kier alpha value is -1.71. The first-order chi connectivity index (χ1) is 12.1. The van der Waals surface area contributed by atoms with Gasteiger partial charge >= 0.3 is 0 Å². The molecule has 1 amide bonds. The van der Waals surface area contributed by atoms with E-state index in [4.69, 9.17) is 23.2 Å². The maximum absolute atomic E-state index is 12.8. The van der Waals surface area contributed by atoms with Crippen molar-refractivity contribution in [3.05, 3.63) is 64.1 Å². The molecule has 1 saturated heterocycles. The van der Waals surface area contributed by atoms with E-state index in [2.05, 4.69) is 11.0 Å². The van der Waals surface area contributed by atoms with Gasteiger partial charge in [0.2, 0.25) is 5.91 Å². The van der Waals surface area contributed by atoms with E-state index in [1.54, 1.807) is 0 Å². The lowest BCUT2D eigenvalue weighted by molar-refractivity contribution is -0.132. The summed E-state index contributed by atoms with van der Waals surface area (Å²) in [5.74, 6) is 0.653. The normalized spacial score (nSPS) is 22.8. The predicted molar refractivity (Wildman–Crippen MR) is 103 cm³/mol. The Bertz CT molecular complexity index is 787. The van der Waals surface area contributed by atoms with Gasteiger partial charge in [0.25, 0.3) is 0 Å². The van der Waals surface area contributed by atoms with E-state index in [1.807, 2.05) is 47.4 Å². The molecule has 0 N–H and O–H groups in total. The highest BCUT2D eigenvalue weighted by molar-refractivity contribution is 6.31. The van der Waals surface area contributed by atoms with Gasteiger partial charge in [-0.2, -0.15) is 0 Å². The van der Waals surface area contributed by atoms with Crippen LogP contribution in [-0.2, 0) is 4.79 Å². The zero-order valence-electron chi connectivity index (χ0n) is 13.9. The van der Waals surface area contributed by atoms with E-state index < -0.39 is 0 Å². The number of hydrogen-bond donors (Lipinski definition) is 0. The lowest BCUT2D eigenvalue weighted by atomic mass is 10.1. The van der Waals surface area contributed by atoms with E-state index in [0.29, 0.717) is 0 Å². The Morgan fingerprint density at radius 1 is 0.960 bits per heavy atom. The van der Waals surface area contributed by atoms with E-state index in [-0.39, 0.29) is 17.7 Å². The summed E-state index contributed by atoms with van der Waals surface area (Å²) in [6.45, 7) is 3.21. The van der Waals surface area contributed by atoms with E-state index in [0.717, 1.165) is 53.9 Å². The molecule has 1 aliphatic heterocycles. The molecule has 0 spiro atoms. The second-order valence-corrected chi connectivity index (χ2v) is 7.61. The number of carbonyl (C=O) groups excluding carboxylic acids is 1. The molecule has 5 heteroatoms. The first kappa shape index (κ1) is 16.7. The van der Waals surface area contributed by atoms with Crippen molar-refractivity contribution in [1.29, 1.82) is 0 Å². The molecule has 2 unspecified atom stereocenters. The van der Waals surface area contributed by atoms with Crippen LogP contribution in [0.25, 0.3) is 0 Å². The number of nitrogens with zero attached hydrogens (tertiary/aromatic N) is 2. The molecule has 1 aliphatic carbocycles. The number of carbonyl (C=O) groups is 1. The Morgan fingerprint density at radius 2 is 1.72 bits per heavy atom. The van der Waals surface area contributed by atoms with Gasteiger partial charge in [0, 0.05) is 47.8 Å². The van der Waals surface area contributed by atoms with Gasteiger partial charge < -0.3 is 9.80 Å². The molecule has 1 saturated carbocycles. The highest BCUT2D eigenvalue weighted by Gasteiger charge is 2.46. The van der Waals surface area contributed by atoms with Crippen molar-refractivity contribution in [3.63, 3.8) is 0 Å². The maximum Gasteiger partial charge on any atom is 0.226 e. The summed E-state index contributed by atoms with van der Waals surface area (Å²) in [5, 5.41) is 1.52. The zero-order chi connectivity index (χ0) is 17.4. The average Bonchev–Trinajstić information content (AvgIpc) is 3.42. The molecule has 2 aromatic carbocycles. The van der Waals surface area contributed by atoms with Gasteiger partial charge in [-0.3, -0.25) is 4.79 Å². The second kappa shape index (κ2) is 6.89. The van der Waals surface area contributed by atoms with Crippen molar-refractivity contribution in [3.8, 4) is 0 Å². The van der Waals surface area contributed by atoms with Crippen LogP contribution in [0.1, 0.15) is 17.9 Å². The molecule has 2 fully saturated rings. The Balaban J connectivity index is 1.36. The SMILES string of the molecule is O=C(C1CC1c1ccccc1Cl)N1CCN(c2cccc(Cl)c2)CC1. The van der Waals surface area contributed by atoms with Crippen molar-refractivity contribution in [2.24, 2.45) is 5.92 Å². The second-order valence-electron chi connectivity index (χ2n) is 6.76. The highest BCUT2D eigenvalue weighted by atomic mass is 35.5. The molecule has 0 aromatic heterocycles. The fraction of sp³-hybridized carbons (Fsp3) is 0.350. The number of anilines is 1. The molecule has 4 rings (SSSR count). The van der Waals surface area contributed by atoms with Crippen LogP contribution in [0.4, 0.5) is 5.69 Å². The zero-order valence-corrected chi connectivity index (χ0v) is 15.4. The molecule has 130 valence electrons. The standard InChI is InChI=1S/C20H20Cl2N2O/c21-14-4-3-5-15(12-14)23-8-10-24(11-9-23)20(25)18-13-17(18)16-6-1-2-7-19(16)22/h1-7,12,17-18H,8-11,13H2. The maximum atomic E-state index is 12.8. The van der Waals surface area contributed by atoms with Crippen LogP contribution < -0.4 is 4.90 Å². The third-order valence-electron chi connectivity index (χ3n) is 5.18. The summed E-state index contributed by atoms with van der Waals surface area (Å²) in [5.41, 5.74) is 2.24. The Labute approximate surface area is 158 Å². The molecule has 25 heavy (non-hydrogen) atoms. The Morgan fingerprint density at radius 3 is 2.44 bits per heavy atom. The Kier molecular flexibility index (Phi) is 4.61. The molecule has 2 aromatic rings. The van der Waals surface area contributed by atoms with Gasteiger partial charge in [0.15, 0.2) is 0 Å². The average molecular weight is 375 g/mol. The molecule has 2 aliphatic rings. The molecule has 3 nitrogen and oxygen atoms in total. The largest absolute Gasteiger partial charge is 0.368 e. The predicted octanol–water partition coefficient (Wildman–Crippen LogP) is 4.45. The third kappa shape index (κ3) is 3.49. The molecular formula is C20H20Cl2N2O. The number of benzene rings is 2. The number of hydrogen-bond acceptors (Lipinski definition) is 2. The minimum absolute atomic E-state index is 0.0950. The molecule has 1 heterocycles. The van der Waals surface area contributed by atoms with Crippen LogP contribution in [0.3, 0.4) is 0 Å². The third-order valence-corrected chi connectivity index (χ3v) is 5.76. The van der Waals surface area contributed by atoms with Crippen LogP contribution >= 0.6 is 23.2 Å². The van der Waals surface area contributed by atoms with Crippen molar-refractivity contribution >= 4 is 34.8 Å². The lowest BCUT2D eigenvalue weighted by Gasteiger charge is -2.36. The number of amides is 1. The first-order valence-electron chi connectivity index (χ1n) is 8.67. The van der Waals surface area contributed by atoms with Gasteiger partial charge in [0.05, 0.1) is 0 Å². The minimum Gasteiger partial charge on any atom is -0.368 e. The summed E-state index contributed by atoms with van der Waals surface area (Å²) < 4.78 is 0. The quantitative estimate of drug-likeness (QED) is 0.792. The van der Waals surface area contributed by atoms with Crippen LogP contribution in [0, 0.1) is 5.92 Å². The summed E-state index contributed by atoms with van der Waals surface area (Å²) in [7, 11) is 0. The van der Waals surface area contributed by atoms with Crippen LogP contribution in [0.15, 0.2) is 48.5 Å². The summed E-state index contributed by atoms with van der Waals surface area (Å²) in [6, 6.07) is 15.8. The van der Waals surface area contributed by atoms with Crippen LogP contribution in [0.5, 0.6) is 0 Å². The van der Waals surface area contributed by atoms with Gasteiger partial charge in [-0.05, 0) is 42.2 Å². The van der Waals surface area contributed by atoms with Crippen molar-refractivity contribution in [2.45, 2.75) is 12.3 Å². The molecule has 0 bridgehead atoms. The van der Waals surface area contributed by atoms with Gasteiger partial charge in [-0.25, -0.2) is 0 Å². The minimum atomic E-state index is 0.0950. The number of piperazine rings is 1. The van der Waals surface area contributed by atoms with E-state index in [9.17, 15) is 4.79 Å². The van der Waals surface area contributed by atoms with Crippen molar-refractivity contribution in [2.75, 3.05) is 31.1 Å². The topological polar surface area (TPSA) is 23.6 Å². The van der Waals surface area contributed by atoms with Crippen LogP contribution in [0.2, 0.25) is 10.0 Å². The van der Waals surface area contributed by atoms with E-state index in [1.165, 1.54) is 0 Å². The van der Waals surface area contributed by atoms with Gasteiger partial charge in [0.1, 0.15) is 0 Å². The van der Waals surface area contributed by atoms with Gasteiger partial charge in [-0.1, -0.05) is 47.5 Å². The fourth-order valence-corrected chi connectivity index (χ4v) is 4.14. The number of rotatable bonds is 3. The van der Waals surface area contributed by atoms with Crippen LogP contribution in [-0.4, -0.2) is 37.0 Å². The van der Waals surface area contributed by atoms with Crippen molar-refractivity contribution in [1.82, 2.24) is 4.90 Å².